The smallest absolute Gasteiger partial charge is 0.306 e. The molecular weight excluding hydrogens is 258 g/mol. The van der Waals surface area contributed by atoms with Crippen molar-refractivity contribution in [2.45, 2.75) is 32.4 Å². The van der Waals surface area contributed by atoms with E-state index in [0.29, 0.717) is 25.1 Å². The molecule has 2 atom stereocenters. The maximum absolute atomic E-state index is 11.0. The molecule has 0 saturated carbocycles. The fourth-order valence-electron chi connectivity index (χ4n) is 2.75. The molecule has 0 bridgehead atoms. The molecule has 1 aliphatic heterocycles. The molecular formula is C15H21NO4. The Balaban J connectivity index is 2.00. The number of ether oxygens (including phenoxy) is 1. The van der Waals surface area contributed by atoms with Crippen LogP contribution < -0.4 is 4.74 Å². The predicted molar refractivity (Wildman–Crippen MR) is 74.9 cm³/mol. The molecule has 1 fully saturated rings. The van der Waals surface area contributed by atoms with E-state index < -0.39 is 5.97 Å². The minimum absolute atomic E-state index is 0.137. The summed E-state index contributed by atoms with van der Waals surface area (Å²) in [4.78, 5) is 13.3. The lowest BCUT2D eigenvalue weighted by Gasteiger charge is -2.36. The number of carboxylic acid groups (broad SMARTS) is 1. The number of carbonyl (C=O) groups is 1. The molecule has 2 rings (SSSR count). The number of phenolic OH excluding ortho intramolecular Hbond substituents is 1. The summed E-state index contributed by atoms with van der Waals surface area (Å²) in [5.41, 5.74) is 1.00. The van der Waals surface area contributed by atoms with Gasteiger partial charge in [0.15, 0.2) is 11.5 Å². The highest BCUT2D eigenvalue weighted by molar-refractivity contribution is 5.70. The van der Waals surface area contributed by atoms with E-state index in [2.05, 4.69) is 11.8 Å². The number of methoxy groups -OCH3 is 1. The van der Waals surface area contributed by atoms with Gasteiger partial charge in [0.25, 0.3) is 0 Å². The van der Waals surface area contributed by atoms with E-state index in [-0.39, 0.29) is 17.7 Å². The van der Waals surface area contributed by atoms with Crippen LogP contribution in [0.2, 0.25) is 0 Å². The molecule has 1 saturated heterocycles. The molecule has 1 aliphatic rings. The lowest BCUT2D eigenvalue weighted by Crippen LogP contribution is -2.42. The zero-order valence-electron chi connectivity index (χ0n) is 11.9. The van der Waals surface area contributed by atoms with Crippen LogP contribution in [-0.4, -0.2) is 40.8 Å². The lowest BCUT2D eigenvalue weighted by atomic mass is 9.91. The van der Waals surface area contributed by atoms with E-state index in [1.807, 2.05) is 6.07 Å². The summed E-state index contributed by atoms with van der Waals surface area (Å²) in [5.74, 6) is -0.325. The zero-order chi connectivity index (χ0) is 14.7. The molecule has 0 spiro atoms. The number of hydrogen-bond acceptors (Lipinski definition) is 4. The van der Waals surface area contributed by atoms with Crippen molar-refractivity contribution in [1.82, 2.24) is 4.90 Å². The van der Waals surface area contributed by atoms with Gasteiger partial charge in [-0.1, -0.05) is 6.07 Å². The SMILES string of the molecule is COc1ccc(CN2CCC(C(=O)O)CC2C)cc1O. The number of phenols is 1. The Morgan fingerprint density at radius 2 is 2.25 bits per heavy atom. The van der Waals surface area contributed by atoms with Crippen LogP contribution in [0, 0.1) is 5.92 Å². The number of hydrogen-bond donors (Lipinski definition) is 2. The van der Waals surface area contributed by atoms with E-state index >= 15 is 0 Å². The molecule has 110 valence electrons. The first-order valence-electron chi connectivity index (χ1n) is 6.84. The molecule has 1 aromatic carbocycles. The normalized spacial score (nSPS) is 23.5. The van der Waals surface area contributed by atoms with Gasteiger partial charge in [-0.05, 0) is 44.0 Å². The summed E-state index contributed by atoms with van der Waals surface area (Å²) in [6, 6.07) is 5.61. The number of benzene rings is 1. The van der Waals surface area contributed by atoms with Crippen molar-refractivity contribution < 1.29 is 19.7 Å². The number of carboxylic acids is 1. The van der Waals surface area contributed by atoms with Gasteiger partial charge in [0, 0.05) is 12.6 Å². The predicted octanol–water partition coefficient (Wildman–Crippen LogP) is 2.09. The summed E-state index contributed by atoms with van der Waals surface area (Å²) < 4.78 is 5.02. The fourth-order valence-corrected chi connectivity index (χ4v) is 2.75. The second kappa shape index (κ2) is 6.13. The fraction of sp³-hybridized carbons (Fsp3) is 0.533. The van der Waals surface area contributed by atoms with Crippen molar-refractivity contribution >= 4 is 5.97 Å². The summed E-state index contributed by atoms with van der Waals surface area (Å²) in [7, 11) is 1.52. The highest BCUT2D eigenvalue weighted by atomic mass is 16.5. The molecule has 1 aromatic rings. The van der Waals surface area contributed by atoms with Gasteiger partial charge in [0.05, 0.1) is 13.0 Å². The molecule has 0 aliphatic carbocycles. The van der Waals surface area contributed by atoms with Crippen LogP contribution in [0.3, 0.4) is 0 Å². The summed E-state index contributed by atoms with van der Waals surface area (Å²) in [6.07, 6.45) is 1.36. The second-order valence-electron chi connectivity index (χ2n) is 5.39. The van der Waals surface area contributed by atoms with Crippen LogP contribution in [0.5, 0.6) is 11.5 Å². The third-order valence-corrected chi connectivity index (χ3v) is 3.99. The van der Waals surface area contributed by atoms with E-state index in [1.165, 1.54) is 7.11 Å². The third-order valence-electron chi connectivity index (χ3n) is 3.99. The van der Waals surface area contributed by atoms with Crippen molar-refractivity contribution in [2.75, 3.05) is 13.7 Å². The van der Waals surface area contributed by atoms with Gasteiger partial charge in [-0.15, -0.1) is 0 Å². The Morgan fingerprint density at radius 3 is 2.80 bits per heavy atom. The summed E-state index contributed by atoms with van der Waals surface area (Å²) in [5, 5.41) is 18.8. The Morgan fingerprint density at radius 1 is 1.50 bits per heavy atom. The lowest BCUT2D eigenvalue weighted by molar-refractivity contribution is -0.144. The average molecular weight is 279 g/mol. The number of aromatic hydroxyl groups is 1. The van der Waals surface area contributed by atoms with E-state index in [1.54, 1.807) is 12.1 Å². The van der Waals surface area contributed by atoms with Gasteiger partial charge >= 0.3 is 5.97 Å². The van der Waals surface area contributed by atoms with Crippen molar-refractivity contribution in [1.29, 1.82) is 0 Å². The van der Waals surface area contributed by atoms with Gasteiger partial charge in [-0.25, -0.2) is 0 Å². The molecule has 1 heterocycles. The highest BCUT2D eigenvalue weighted by Gasteiger charge is 2.29. The number of aliphatic carboxylic acids is 1. The molecule has 20 heavy (non-hydrogen) atoms. The molecule has 2 N–H and O–H groups in total. The monoisotopic (exact) mass is 279 g/mol. The Bertz CT molecular complexity index is 489. The molecule has 5 heteroatoms. The van der Waals surface area contributed by atoms with Gasteiger partial charge in [0.1, 0.15) is 0 Å². The van der Waals surface area contributed by atoms with Crippen LogP contribution in [0.15, 0.2) is 18.2 Å². The highest BCUT2D eigenvalue weighted by Crippen LogP contribution is 2.29. The van der Waals surface area contributed by atoms with Crippen molar-refractivity contribution in [3.8, 4) is 11.5 Å². The van der Waals surface area contributed by atoms with E-state index in [4.69, 9.17) is 9.84 Å². The first-order chi connectivity index (χ1) is 9.51. The minimum atomic E-state index is -0.696. The van der Waals surface area contributed by atoms with Gasteiger partial charge in [-0.2, -0.15) is 0 Å². The Labute approximate surface area is 118 Å². The van der Waals surface area contributed by atoms with E-state index in [9.17, 15) is 9.90 Å². The zero-order valence-corrected chi connectivity index (χ0v) is 11.9. The third kappa shape index (κ3) is 3.22. The van der Waals surface area contributed by atoms with E-state index in [0.717, 1.165) is 12.1 Å². The molecule has 0 amide bonds. The maximum Gasteiger partial charge on any atom is 0.306 e. The Hall–Kier alpha value is -1.75. The van der Waals surface area contributed by atoms with Crippen LogP contribution in [-0.2, 0) is 11.3 Å². The number of rotatable bonds is 4. The quantitative estimate of drug-likeness (QED) is 0.883. The van der Waals surface area contributed by atoms with Crippen LogP contribution >= 0.6 is 0 Å². The molecule has 0 aromatic heterocycles. The maximum atomic E-state index is 11.0. The number of piperidine rings is 1. The number of likely N-dealkylation sites (tertiary alicyclic amines) is 1. The van der Waals surface area contributed by atoms with Crippen molar-refractivity contribution in [2.24, 2.45) is 5.92 Å². The first kappa shape index (κ1) is 14.7. The van der Waals surface area contributed by atoms with Crippen LogP contribution in [0.25, 0.3) is 0 Å². The summed E-state index contributed by atoms with van der Waals surface area (Å²) >= 11 is 0. The van der Waals surface area contributed by atoms with Gasteiger partial charge in [-0.3, -0.25) is 9.69 Å². The van der Waals surface area contributed by atoms with Crippen molar-refractivity contribution in [3.63, 3.8) is 0 Å². The van der Waals surface area contributed by atoms with Crippen molar-refractivity contribution in [3.05, 3.63) is 23.8 Å². The Kier molecular flexibility index (Phi) is 4.49. The first-order valence-corrected chi connectivity index (χ1v) is 6.84. The molecule has 0 radical (unpaired) electrons. The largest absolute Gasteiger partial charge is 0.504 e. The topological polar surface area (TPSA) is 70.0 Å². The minimum Gasteiger partial charge on any atom is -0.504 e. The van der Waals surface area contributed by atoms with Gasteiger partial charge < -0.3 is 14.9 Å². The summed E-state index contributed by atoms with van der Waals surface area (Å²) in [6.45, 7) is 3.54. The standard InChI is InChI=1S/C15H21NO4/c1-10-7-12(15(18)19)5-6-16(10)9-11-3-4-14(20-2)13(17)8-11/h3-4,8,10,12,17H,5-7,9H2,1-2H3,(H,18,19). The van der Waals surface area contributed by atoms with Gasteiger partial charge in [0.2, 0.25) is 0 Å². The average Bonchev–Trinajstić information content (AvgIpc) is 2.41. The van der Waals surface area contributed by atoms with Crippen LogP contribution in [0.4, 0.5) is 0 Å². The molecule has 2 unspecified atom stereocenters. The number of nitrogens with zero attached hydrogens (tertiary/aromatic N) is 1. The second-order valence-corrected chi connectivity index (χ2v) is 5.39. The van der Waals surface area contributed by atoms with Crippen LogP contribution in [0.1, 0.15) is 25.3 Å². The molecule has 5 nitrogen and oxygen atoms in total.